The third-order valence-electron chi connectivity index (χ3n) is 4.80. The summed E-state index contributed by atoms with van der Waals surface area (Å²) in [6.45, 7) is 1.79. The molecule has 0 fully saturated rings. The van der Waals surface area contributed by atoms with Gasteiger partial charge in [-0.3, -0.25) is 9.59 Å². The van der Waals surface area contributed by atoms with Crippen molar-refractivity contribution in [2.45, 2.75) is 45.1 Å². The normalized spacial score (nSPS) is 11.8. The lowest BCUT2D eigenvalue weighted by molar-refractivity contribution is -0.148. The van der Waals surface area contributed by atoms with Gasteiger partial charge in [0.05, 0.1) is 19.9 Å². The first-order valence-corrected chi connectivity index (χ1v) is 12.9. The summed E-state index contributed by atoms with van der Waals surface area (Å²) in [5.41, 5.74) is 0.983. The Morgan fingerprint density at radius 1 is 1.15 bits per heavy atom. The van der Waals surface area contributed by atoms with E-state index in [-0.39, 0.29) is 32.1 Å². The van der Waals surface area contributed by atoms with Gasteiger partial charge >= 0.3 is 11.9 Å². The first kappa shape index (κ1) is 29.3. The summed E-state index contributed by atoms with van der Waals surface area (Å²) in [5.74, 6) is 5.67. The Morgan fingerprint density at radius 3 is 2.50 bits per heavy atom. The minimum absolute atomic E-state index is 0.0586. The van der Waals surface area contributed by atoms with Gasteiger partial charge in [0.2, 0.25) is 10.0 Å². The number of carbonyl (C=O) groups excluding carboxylic acids is 2. The average molecular weight is 497 g/mol. The van der Waals surface area contributed by atoms with Gasteiger partial charge in [0.15, 0.2) is 0 Å². The van der Waals surface area contributed by atoms with Crippen LogP contribution in [0.25, 0.3) is 0 Å². The summed E-state index contributed by atoms with van der Waals surface area (Å²) in [4.78, 5) is 24.6. The summed E-state index contributed by atoms with van der Waals surface area (Å²) < 4.78 is 41.3. The predicted octanol–water partition coefficient (Wildman–Crippen LogP) is 2.45. The van der Waals surface area contributed by atoms with E-state index in [0.29, 0.717) is 31.4 Å². The number of methoxy groups -OCH3 is 1. The van der Waals surface area contributed by atoms with Crippen molar-refractivity contribution in [2.75, 3.05) is 52.1 Å². The van der Waals surface area contributed by atoms with Crippen LogP contribution in [0.5, 0.6) is 5.75 Å². The fraction of sp³-hybridized carbons (Fsp3) is 0.583. The van der Waals surface area contributed by atoms with Crippen molar-refractivity contribution < 1.29 is 32.2 Å². The van der Waals surface area contributed by atoms with Crippen LogP contribution in [-0.2, 0) is 29.1 Å². The van der Waals surface area contributed by atoms with E-state index in [9.17, 15) is 18.0 Å². The SMILES string of the molecule is COC(=O)CCCC#CCN(CCCC(COc1cccc(N(C)C)c1)OC(C)=O)S(C)(=O)=O. The van der Waals surface area contributed by atoms with Crippen LogP contribution in [0, 0.1) is 11.8 Å². The largest absolute Gasteiger partial charge is 0.490 e. The van der Waals surface area contributed by atoms with Gasteiger partial charge in [-0.1, -0.05) is 12.0 Å². The fourth-order valence-corrected chi connectivity index (χ4v) is 3.72. The van der Waals surface area contributed by atoms with Gasteiger partial charge in [-0.25, -0.2) is 8.42 Å². The first-order chi connectivity index (χ1) is 16.0. The highest BCUT2D eigenvalue weighted by Crippen LogP contribution is 2.20. The summed E-state index contributed by atoms with van der Waals surface area (Å²) >= 11 is 0. The zero-order valence-electron chi connectivity index (χ0n) is 20.7. The Labute approximate surface area is 203 Å². The standard InChI is InChI=1S/C24H36N2O7S/c1-20(27)33-23(19-32-22-13-10-12-21(18-22)25(2)3)14-11-17-26(34(5,29)30)16-9-7-6-8-15-24(28)31-4/h10,12-13,18,23H,6,8,11,14-17,19H2,1-5H3. The monoisotopic (exact) mass is 496 g/mol. The molecule has 1 aromatic carbocycles. The maximum atomic E-state index is 12.1. The van der Waals surface area contributed by atoms with E-state index in [2.05, 4.69) is 16.6 Å². The molecule has 1 unspecified atom stereocenters. The maximum Gasteiger partial charge on any atom is 0.305 e. The Balaban J connectivity index is 2.60. The summed E-state index contributed by atoms with van der Waals surface area (Å²) in [6, 6.07) is 7.55. The number of nitrogens with zero attached hydrogens (tertiary/aromatic N) is 2. The molecule has 1 aromatic rings. The molecule has 1 atom stereocenters. The molecule has 0 heterocycles. The molecular weight excluding hydrogens is 460 g/mol. The van der Waals surface area contributed by atoms with Crippen LogP contribution in [0.2, 0.25) is 0 Å². The highest BCUT2D eigenvalue weighted by molar-refractivity contribution is 7.88. The molecule has 0 saturated heterocycles. The number of esters is 2. The molecule has 0 saturated carbocycles. The average Bonchev–Trinajstić information content (AvgIpc) is 2.77. The molecule has 34 heavy (non-hydrogen) atoms. The molecule has 9 nitrogen and oxygen atoms in total. The molecule has 0 aliphatic heterocycles. The quantitative estimate of drug-likeness (QED) is 0.220. The number of hydrogen-bond acceptors (Lipinski definition) is 8. The summed E-state index contributed by atoms with van der Waals surface area (Å²) in [5, 5.41) is 0. The molecule has 1 rings (SSSR count). The smallest absolute Gasteiger partial charge is 0.305 e. The predicted molar refractivity (Wildman–Crippen MR) is 131 cm³/mol. The van der Waals surface area contributed by atoms with Crippen molar-refractivity contribution in [1.82, 2.24) is 4.31 Å². The molecular formula is C24H36N2O7S. The zero-order valence-corrected chi connectivity index (χ0v) is 21.5. The van der Waals surface area contributed by atoms with E-state index in [1.165, 1.54) is 18.3 Å². The van der Waals surface area contributed by atoms with Crippen molar-refractivity contribution >= 4 is 27.6 Å². The molecule has 0 aromatic heterocycles. The van der Waals surface area contributed by atoms with E-state index in [0.717, 1.165) is 11.9 Å². The molecule has 0 aliphatic rings. The van der Waals surface area contributed by atoms with Crippen LogP contribution in [0.3, 0.4) is 0 Å². The maximum absolute atomic E-state index is 12.1. The van der Waals surface area contributed by atoms with Crippen molar-refractivity contribution in [3.8, 4) is 17.6 Å². The minimum atomic E-state index is -3.45. The molecule has 10 heteroatoms. The molecule has 0 aliphatic carbocycles. The van der Waals surface area contributed by atoms with Crippen molar-refractivity contribution in [1.29, 1.82) is 0 Å². The summed E-state index contributed by atoms with van der Waals surface area (Å²) in [6.07, 6.45) is 2.84. The molecule has 190 valence electrons. The van der Waals surface area contributed by atoms with Crippen LogP contribution in [0.15, 0.2) is 24.3 Å². The van der Waals surface area contributed by atoms with Gasteiger partial charge in [-0.05, 0) is 31.4 Å². The van der Waals surface area contributed by atoms with E-state index in [1.54, 1.807) is 0 Å². The number of rotatable bonds is 14. The van der Waals surface area contributed by atoms with Crippen LogP contribution in [-0.4, -0.2) is 77.9 Å². The van der Waals surface area contributed by atoms with Crippen LogP contribution < -0.4 is 9.64 Å². The third-order valence-corrected chi connectivity index (χ3v) is 6.05. The number of ether oxygens (including phenoxy) is 3. The van der Waals surface area contributed by atoms with Crippen molar-refractivity contribution in [2.24, 2.45) is 0 Å². The van der Waals surface area contributed by atoms with Gasteiger partial charge in [-0.2, -0.15) is 4.31 Å². The number of sulfonamides is 1. The highest BCUT2D eigenvalue weighted by Gasteiger charge is 2.18. The molecule has 0 bridgehead atoms. The fourth-order valence-electron chi connectivity index (χ4n) is 2.96. The van der Waals surface area contributed by atoms with Gasteiger partial charge in [-0.15, -0.1) is 5.92 Å². The molecule has 0 radical (unpaired) electrons. The van der Waals surface area contributed by atoms with Gasteiger partial charge in [0, 0.05) is 52.2 Å². The number of hydrogen-bond donors (Lipinski definition) is 0. The molecule has 0 spiro atoms. The second-order valence-corrected chi connectivity index (χ2v) is 9.94. The topological polar surface area (TPSA) is 102 Å². The van der Waals surface area contributed by atoms with Crippen LogP contribution >= 0.6 is 0 Å². The Bertz CT molecular complexity index is 952. The molecule has 0 N–H and O–H groups in total. The minimum Gasteiger partial charge on any atom is -0.490 e. The van der Waals surface area contributed by atoms with Gasteiger partial charge in [0.1, 0.15) is 18.5 Å². The lowest BCUT2D eigenvalue weighted by Crippen LogP contribution is -2.32. The molecule has 0 amide bonds. The van der Waals surface area contributed by atoms with E-state index in [4.69, 9.17) is 9.47 Å². The van der Waals surface area contributed by atoms with E-state index < -0.39 is 22.1 Å². The van der Waals surface area contributed by atoms with E-state index >= 15 is 0 Å². The lowest BCUT2D eigenvalue weighted by atomic mass is 10.2. The Morgan fingerprint density at radius 2 is 1.88 bits per heavy atom. The number of anilines is 1. The van der Waals surface area contributed by atoms with E-state index in [1.807, 2.05) is 43.3 Å². The van der Waals surface area contributed by atoms with Crippen LogP contribution in [0.4, 0.5) is 5.69 Å². The number of carbonyl (C=O) groups is 2. The number of unbranched alkanes of at least 4 members (excludes halogenated alkanes) is 1. The second-order valence-electron chi connectivity index (χ2n) is 7.96. The highest BCUT2D eigenvalue weighted by atomic mass is 32.2. The van der Waals surface area contributed by atoms with Gasteiger partial charge < -0.3 is 19.1 Å². The second kappa shape index (κ2) is 15.2. The third kappa shape index (κ3) is 12.5. The first-order valence-electron chi connectivity index (χ1n) is 11.1. The summed E-state index contributed by atoms with van der Waals surface area (Å²) in [7, 11) is 1.74. The lowest BCUT2D eigenvalue weighted by Gasteiger charge is -2.21. The zero-order chi connectivity index (χ0) is 25.6. The van der Waals surface area contributed by atoms with Crippen molar-refractivity contribution in [3.63, 3.8) is 0 Å². The van der Waals surface area contributed by atoms with Crippen molar-refractivity contribution in [3.05, 3.63) is 24.3 Å². The Kier molecular flexibility index (Phi) is 13.1. The Hall–Kier alpha value is -2.77. The van der Waals surface area contributed by atoms with Gasteiger partial charge in [0.25, 0.3) is 0 Å². The van der Waals surface area contributed by atoms with Crippen LogP contribution in [0.1, 0.15) is 39.0 Å². The number of benzene rings is 1.